The number of carbonyl (C=O) groups excluding carboxylic acids is 1. The topological polar surface area (TPSA) is 79.5 Å². The van der Waals surface area contributed by atoms with Gasteiger partial charge in [0.1, 0.15) is 0 Å². The van der Waals surface area contributed by atoms with Crippen molar-refractivity contribution in [2.75, 3.05) is 25.4 Å². The monoisotopic (exact) mass is 279 g/mol. The van der Waals surface area contributed by atoms with E-state index in [1.54, 1.807) is 24.1 Å². The van der Waals surface area contributed by atoms with Crippen LogP contribution < -0.4 is 5.73 Å². The zero-order valence-electron chi connectivity index (χ0n) is 12.4. The van der Waals surface area contributed by atoms with Gasteiger partial charge in [-0.3, -0.25) is 9.78 Å². The summed E-state index contributed by atoms with van der Waals surface area (Å²) in [6.07, 6.45) is 5.92. The number of hydrogen-bond donors (Lipinski definition) is 2. The first-order chi connectivity index (χ1) is 9.60. The second kappa shape index (κ2) is 8.53. The fraction of sp³-hybridized carbons (Fsp3) is 0.600. The largest absolute Gasteiger partial charge is 0.397 e. The van der Waals surface area contributed by atoms with Crippen LogP contribution in [0.5, 0.6) is 0 Å². The Hall–Kier alpha value is -1.62. The predicted octanol–water partition coefficient (Wildman–Crippen LogP) is 1.99. The Morgan fingerprint density at radius 1 is 1.35 bits per heavy atom. The number of nitrogens with two attached hydrogens (primary N) is 1. The number of rotatable bonds is 8. The molecule has 5 nitrogen and oxygen atoms in total. The minimum Gasteiger partial charge on any atom is -0.397 e. The Morgan fingerprint density at radius 2 is 2.10 bits per heavy atom. The van der Waals surface area contributed by atoms with E-state index in [4.69, 9.17) is 10.8 Å². The predicted molar refractivity (Wildman–Crippen MR) is 80.5 cm³/mol. The summed E-state index contributed by atoms with van der Waals surface area (Å²) in [5.41, 5.74) is 7.37. The van der Waals surface area contributed by atoms with E-state index >= 15 is 0 Å². The van der Waals surface area contributed by atoms with Crippen molar-refractivity contribution in [3.8, 4) is 0 Å². The quantitative estimate of drug-likeness (QED) is 0.713. The minimum atomic E-state index is -0.104. The van der Waals surface area contributed by atoms with Crippen LogP contribution in [0.25, 0.3) is 0 Å². The molecule has 1 heterocycles. The number of carbonyl (C=O) groups is 1. The summed E-state index contributed by atoms with van der Waals surface area (Å²) in [4.78, 5) is 18.3. The first-order valence-corrected chi connectivity index (χ1v) is 7.22. The van der Waals surface area contributed by atoms with Crippen LogP contribution in [0.1, 0.15) is 48.7 Å². The van der Waals surface area contributed by atoms with Gasteiger partial charge in [-0.05, 0) is 19.4 Å². The highest BCUT2D eigenvalue weighted by atomic mass is 16.3. The average Bonchev–Trinajstić information content (AvgIpc) is 2.44. The second-order valence-electron chi connectivity index (χ2n) is 4.98. The Morgan fingerprint density at radius 3 is 2.75 bits per heavy atom. The van der Waals surface area contributed by atoms with Crippen LogP contribution in [0.2, 0.25) is 0 Å². The Balaban J connectivity index is 2.74. The molecule has 1 aromatic rings. The second-order valence-corrected chi connectivity index (χ2v) is 4.98. The van der Waals surface area contributed by atoms with Gasteiger partial charge < -0.3 is 15.7 Å². The molecular formula is C15H25N3O2. The molecule has 0 unspecified atom stereocenters. The normalized spacial score (nSPS) is 10.6. The first kappa shape index (κ1) is 16.4. The molecule has 5 heteroatoms. The number of nitrogen functional groups attached to an aromatic ring is 1. The van der Waals surface area contributed by atoms with Crippen LogP contribution in [0.15, 0.2) is 12.3 Å². The molecule has 1 amide bonds. The lowest BCUT2D eigenvalue weighted by molar-refractivity contribution is 0.0717. The molecule has 20 heavy (non-hydrogen) atoms. The molecule has 0 bridgehead atoms. The Kier molecular flexibility index (Phi) is 7.01. The summed E-state index contributed by atoms with van der Waals surface area (Å²) < 4.78 is 0. The van der Waals surface area contributed by atoms with Crippen molar-refractivity contribution in [1.29, 1.82) is 0 Å². The van der Waals surface area contributed by atoms with Gasteiger partial charge in [0.2, 0.25) is 0 Å². The summed E-state index contributed by atoms with van der Waals surface area (Å²) in [6.45, 7) is 4.92. The number of unbranched alkanes of at least 4 members (excludes halogenated alkanes) is 3. The van der Waals surface area contributed by atoms with Crippen LogP contribution in [0.4, 0.5) is 5.69 Å². The fourth-order valence-electron chi connectivity index (χ4n) is 2.10. The van der Waals surface area contributed by atoms with Crippen LogP contribution in [0.3, 0.4) is 0 Å². The van der Waals surface area contributed by atoms with Crippen LogP contribution in [-0.2, 0) is 0 Å². The van der Waals surface area contributed by atoms with Crippen molar-refractivity contribution in [3.63, 3.8) is 0 Å². The van der Waals surface area contributed by atoms with Gasteiger partial charge in [-0.1, -0.05) is 26.2 Å². The third-order valence-electron chi connectivity index (χ3n) is 3.28. The molecule has 0 aliphatic heterocycles. The number of aliphatic hydroxyl groups excluding tert-OH is 1. The molecule has 1 aromatic heterocycles. The molecule has 1 rings (SSSR count). The van der Waals surface area contributed by atoms with Gasteiger partial charge in [0, 0.05) is 13.1 Å². The maximum absolute atomic E-state index is 12.5. The Labute approximate surface area is 120 Å². The van der Waals surface area contributed by atoms with Crippen molar-refractivity contribution >= 4 is 11.6 Å². The molecule has 0 aliphatic rings. The summed E-state index contributed by atoms with van der Waals surface area (Å²) in [6, 6.07) is 1.65. The van der Waals surface area contributed by atoms with Crippen molar-refractivity contribution in [3.05, 3.63) is 23.5 Å². The SMILES string of the molecule is CCCCCCN(CCO)C(=O)c1cc(N)cnc1C. The molecule has 0 atom stereocenters. The van der Waals surface area contributed by atoms with Crippen LogP contribution >= 0.6 is 0 Å². The molecule has 112 valence electrons. The van der Waals surface area contributed by atoms with E-state index in [1.807, 2.05) is 0 Å². The number of anilines is 1. The van der Waals surface area contributed by atoms with Gasteiger partial charge in [0.15, 0.2) is 0 Å². The number of aryl methyl sites for hydroxylation is 1. The molecular weight excluding hydrogens is 254 g/mol. The smallest absolute Gasteiger partial charge is 0.255 e. The number of aliphatic hydroxyl groups is 1. The summed E-state index contributed by atoms with van der Waals surface area (Å²) in [5.74, 6) is -0.104. The van der Waals surface area contributed by atoms with Crippen molar-refractivity contribution in [2.45, 2.75) is 39.5 Å². The van der Waals surface area contributed by atoms with E-state index in [0.29, 0.717) is 30.0 Å². The number of amides is 1. The highest BCUT2D eigenvalue weighted by molar-refractivity contribution is 5.96. The third kappa shape index (κ3) is 4.81. The first-order valence-electron chi connectivity index (χ1n) is 7.22. The molecule has 0 spiro atoms. The van der Waals surface area contributed by atoms with Crippen molar-refractivity contribution in [1.82, 2.24) is 9.88 Å². The molecule has 0 aliphatic carbocycles. The van der Waals surface area contributed by atoms with E-state index in [1.165, 1.54) is 6.42 Å². The van der Waals surface area contributed by atoms with Gasteiger partial charge >= 0.3 is 0 Å². The van der Waals surface area contributed by atoms with E-state index in [-0.39, 0.29) is 12.5 Å². The summed E-state index contributed by atoms with van der Waals surface area (Å²) in [5, 5.41) is 9.12. The maximum Gasteiger partial charge on any atom is 0.255 e. The number of hydrogen-bond acceptors (Lipinski definition) is 4. The number of nitrogens with zero attached hydrogens (tertiary/aromatic N) is 2. The highest BCUT2D eigenvalue weighted by Gasteiger charge is 2.17. The molecule has 0 aromatic carbocycles. The third-order valence-corrected chi connectivity index (χ3v) is 3.28. The van der Waals surface area contributed by atoms with Crippen LogP contribution in [0, 0.1) is 6.92 Å². The van der Waals surface area contributed by atoms with Gasteiger partial charge in [-0.25, -0.2) is 0 Å². The Bertz CT molecular complexity index is 435. The van der Waals surface area contributed by atoms with E-state index in [0.717, 1.165) is 19.3 Å². The van der Waals surface area contributed by atoms with E-state index in [2.05, 4.69) is 11.9 Å². The lowest BCUT2D eigenvalue weighted by Gasteiger charge is -2.22. The number of pyridine rings is 1. The van der Waals surface area contributed by atoms with Gasteiger partial charge in [-0.15, -0.1) is 0 Å². The molecule has 0 saturated heterocycles. The van der Waals surface area contributed by atoms with Gasteiger partial charge in [-0.2, -0.15) is 0 Å². The molecule has 0 radical (unpaired) electrons. The molecule has 3 N–H and O–H groups in total. The molecule has 0 saturated carbocycles. The lowest BCUT2D eigenvalue weighted by atomic mass is 10.1. The van der Waals surface area contributed by atoms with Crippen molar-refractivity contribution in [2.24, 2.45) is 0 Å². The van der Waals surface area contributed by atoms with Gasteiger partial charge in [0.25, 0.3) is 5.91 Å². The standard InChI is InChI=1S/C15H25N3O2/c1-3-4-5-6-7-18(8-9-19)15(20)14-10-13(16)11-17-12(14)2/h10-11,19H,3-9,16H2,1-2H3. The zero-order valence-corrected chi connectivity index (χ0v) is 12.4. The zero-order chi connectivity index (χ0) is 15.0. The maximum atomic E-state index is 12.5. The van der Waals surface area contributed by atoms with E-state index < -0.39 is 0 Å². The minimum absolute atomic E-state index is 0.0334. The molecule has 0 fully saturated rings. The van der Waals surface area contributed by atoms with Crippen molar-refractivity contribution < 1.29 is 9.90 Å². The summed E-state index contributed by atoms with van der Waals surface area (Å²) in [7, 11) is 0. The summed E-state index contributed by atoms with van der Waals surface area (Å²) >= 11 is 0. The fourth-order valence-corrected chi connectivity index (χ4v) is 2.10. The van der Waals surface area contributed by atoms with Crippen LogP contribution in [-0.4, -0.2) is 40.6 Å². The lowest BCUT2D eigenvalue weighted by Crippen LogP contribution is -2.35. The average molecular weight is 279 g/mol. The van der Waals surface area contributed by atoms with E-state index in [9.17, 15) is 4.79 Å². The number of aromatic nitrogens is 1. The highest BCUT2D eigenvalue weighted by Crippen LogP contribution is 2.13. The van der Waals surface area contributed by atoms with Gasteiger partial charge in [0.05, 0.1) is 29.7 Å².